The highest BCUT2D eigenvalue weighted by atomic mass is 19.1. The van der Waals surface area contributed by atoms with E-state index in [4.69, 9.17) is 9.47 Å². The summed E-state index contributed by atoms with van der Waals surface area (Å²) in [6.45, 7) is 7.75. The summed E-state index contributed by atoms with van der Waals surface area (Å²) in [5, 5.41) is 2.51. The van der Waals surface area contributed by atoms with Gasteiger partial charge in [0.1, 0.15) is 17.2 Å². The molecule has 0 aliphatic carbocycles. The van der Waals surface area contributed by atoms with Gasteiger partial charge in [0.25, 0.3) is 0 Å². The topological polar surface area (TPSA) is 47.6 Å². The van der Waals surface area contributed by atoms with E-state index >= 15 is 0 Å². The summed E-state index contributed by atoms with van der Waals surface area (Å²) < 4.78 is 23.6. The van der Waals surface area contributed by atoms with Crippen LogP contribution in [0.25, 0.3) is 0 Å². The molecule has 114 valence electrons. The SMILES string of the molecule is CCOc1ccc(F)cc1C#CCNC(=O)OC(C)(C)C. The first-order chi connectivity index (χ1) is 9.81. The first kappa shape index (κ1) is 16.8. The molecule has 0 spiro atoms. The highest BCUT2D eigenvalue weighted by Crippen LogP contribution is 2.18. The normalized spacial score (nSPS) is 10.3. The average Bonchev–Trinajstić information content (AvgIpc) is 2.35. The zero-order chi connectivity index (χ0) is 15.9. The lowest BCUT2D eigenvalue weighted by Gasteiger charge is -2.19. The van der Waals surface area contributed by atoms with Crippen LogP contribution in [0.3, 0.4) is 0 Å². The highest BCUT2D eigenvalue weighted by molar-refractivity contribution is 5.68. The predicted octanol–water partition coefficient (Wildman–Crippen LogP) is 3.10. The Morgan fingerprint density at radius 3 is 2.71 bits per heavy atom. The van der Waals surface area contributed by atoms with Gasteiger partial charge in [0.15, 0.2) is 0 Å². The van der Waals surface area contributed by atoms with Crippen LogP contribution in [0.15, 0.2) is 18.2 Å². The number of carbonyl (C=O) groups excluding carboxylic acids is 1. The van der Waals surface area contributed by atoms with Crippen LogP contribution in [0.4, 0.5) is 9.18 Å². The molecule has 1 amide bonds. The minimum atomic E-state index is -0.553. The fourth-order valence-corrected chi connectivity index (χ4v) is 1.45. The molecule has 0 fully saturated rings. The molecule has 21 heavy (non-hydrogen) atoms. The molecular formula is C16H20FNO3. The number of benzene rings is 1. The van der Waals surface area contributed by atoms with Crippen molar-refractivity contribution in [2.45, 2.75) is 33.3 Å². The summed E-state index contributed by atoms with van der Waals surface area (Å²) in [5.74, 6) is 5.64. The molecule has 0 atom stereocenters. The minimum absolute atomic E-state index is 0.108. The fourth-order valence-electron chi connectivity index (χ4n) is 1.45. The largest absolute Gasteiger partial charge is 0.493 e. The van der Waals surface area contributed by atoms with Crippen LogP contribution in [-0.4, -0.2) is 24.8 Å². The average molecular weight is 293 g/mol. The van der Waals surface area contributed by atoms with Crippen LogP contribution in [0.1, 0.15) is 33.3 Å². The number of hydrogen-bond acceptors (Lipinski definition) is 3. The number of nitrogens with one attached hydrogen (secondary N) is 1. The molecule has 4 nitrogen and oxygen atoms in total. The van der Waals surface area contributed by atoms with Gasteiger partial charge in [-0.3, -0.25) is 0 Å². The molecular weight excluding hydrogens is 273 g/mol. The monoisotopic (exact) mass is 293 g/mol. The predicted molar refractivity (Wildman–Crippen MR) is 78.7 cm³/mol. The Hall–Kier alpha value is -2.22. The zero-order valence-corrected chi connectivity index (χ0v) is 12.7. The summed E-state index contributed by atoms with van der Waals surface area (Å²) in [6.07, 6.45) is -0.541. The van der Waals surface area contributed by atoms with Crippen LogP contribution in [0, 0.1) is 17.7 Å². The minimum Gasteiger partial charge on any atom is -0.493 e. The third kappa shape index (κ3) is 6.66. The van der Waals surface area contributed by atoms with Crippen molar-refractivity contribution in [1.29, 1.82) is 0 Å². The van der Waals surface area contributed by atoms with E-state index in [2.05, 4.69) is 17.2 Å². The van der Waals surface area contributed by atoms with Gasteiger partial charge in [-0.1, -0.05) is 11.8 Å². The summed E-state index contributed by atoms with van der Waals surface area (Å²) in [5.41, 5.74) is -0.106. The molecule has 1 rings (SSSR count). The molecule has 0 bridgehead atoms. The quantitative estimate of drug-likeness (QED) is 0.871. The number of ether oxygens (including phenoxy) is 2. The van der Waals surface area contributed by atoms with Crippen molar-refractivity contribution in [3.05, 3.63) is 29.6 Å². The molecule has 0 aromatic heterocycles. The van der Waals surface area contributed by atoms with Gasteiger partial charge < -0.3 is 14.8 Å². The summed E-state index contributed by atoms with van der Waals surface area (Å²) in [4.78, 5) is 11.4. The first-order valence-electron chi connectivity index (χ1n) is 6.70. The molecule has 0 aliphatic heterocycles. The van der Waals surface area contributed by atoms with E-state index in [1.54, 1.807) is 20.8 Å². The van der Waals surface area contributed by atoms with Crippen LogP contribution >= 0.6 is 0 Å². The number of carbonyl (C=O) groups is 1. The van der Waals surface area contributed by atoms with E-state index in [0.29, 0.717) is 17.9 Å². The highest BCUT2D eigenvalue weighted by Gasteiger charge is 2.15. The van der Waals surface area contributed by atoms with Crippen LogP contribution in [0.2, 0.25) is 0 Å². The second kappa shape index (κ2) is 7.53. The van der Waals surface area contributed by atoms with Crippen molar-refractivity contribution in [3.8, 4) is 17.6 Å². The Morgan fingerprint density at radius 1 is 1.38 bits per heavy atom. The van der Waals surface area contributed by atoms with Gasteiger partial charge in [-0.05, 0) is 45.9 Å². The van der Waals surface area contributed by atoms with Crippen LogP contribution < -0.4 is 10.1 Å². The maximum atomic E-state index is 13.2. The Balaban J connectivity index is 2.62. The van der Waals surface area contributed by atoms with E-state index in [1.807, 2.05) is 6.92 Å². The van der Waals surface area contributed by atoms with Gasteiger partial charge in [0.05, 0.1) is 18.7 Å². The molecule has 0 saturated heterocycles. The second-order valence-electron chi connectivity index (χ2n) is 5.23. The molecule has 0 unspecified atom stereocenters. The van der Waals surface area contributed by atoms with Gasteiger partial charge in [-0.25, -0.2) is 9.18 Å². The zero-order valence-electron chi connectivity index (χ0n) is 12.7. The Bertz CT molecular complexity index is 553. The third-order valence-corrected chi connectivity index (χ3v) is 2.18. The molecule has 0 aliphatic rings. The number of amides is 1. The van der Waals surface area contributed by atoms with Gasteiger partial charge in [0.2, 0.25) is 0 Å². The smallest absolute Gasteiger partial charge is 0.408 e. The number of rotatable bonds is 3. The summed E-state index contributed by atoms with van der Waals surface area (Å²) >= 11 is 0. The Morgan fingerprint density at radius 2 is 2.10 bits per heavy atom. The molecule has 0 heterocycles. The molecule has 1 N–H and O–H groups in total. The van der Waals surface area contributed by atoms with Gasteiger partial charge >= 0.3 is 6.09 Å². The lowest BCUT2D eigenvalue weighted by molar-refractivity contribution is 0.0535. The van der Waals surface area contributed by atoms with Crippen molar-refractivity contribution < 1.29 is 18.7 Å². The van der Waals surface area contributed by atoms with Crippen molar-refractivity contribution in [3.63, 3.8) is 0 Å². The van der Waals surface area contributed by atoms with E-state index in [0.717, 1.165) is 0 Å². The van der Waals surface area contributed by atoms with Crippen molar-refractivity contribution in [2.24, 2.45) is 0 Å². The van der Waals surface area contributed by atoms with Crippen LogP contribution in [-0.2, 0) is 4.74 Å². The standard InChI is InChI=1S/C16H20FNO3/c1-5-20-14-9-8-13(17)11-12(14)7-6-10-18-15(19)21-16(2,3)4/h8-9,11H,5,10H2,1-4H3,(H,18,19). The second-order valence-corrected chi connectivity index (χ2v) is 5.23. The summed E-state index contributed by atoms with van der Waals surface area (Å²) in [7, 11) is 0. The van der Waals surface area contributed by atoms with E-state index in [-0.39, 0.29) is 12.4 Å². The molecule has 5 heteroatoms. The fraction of sp³-hybridized carbons (Fsp3) is 0.438. The van der Waals surface area contributed by atoms with Crippen molar-refractivity contribution in [2.75, 3.05) is 13.2 Å². The Kier molecular flexibility index (Phi) is 6.04. The van der Waals surface area contributed by atoms with E-state index in [1.165, 1.54) is 18.2 Å². The third-order valence-electron chi connectivity index (χ3n) is 2.18. The van der Waals surface area contributed by atoms with E-state index < -0.39 is 11.7 Å². The Labute approximate surface area is 124 Å². The van der Waals surface area contributed by atoms with E-state index in [9.17, 15) is 9.18 Å². The van der Waals surface area contributed by atoms with Gasteiger partial charge in [-0.15, -0.1) is 0 Å². The molecule has 1 aromatic rings. The molecule has 1 aromatic carbocycles. The first-order valence-corrected chi connectivity index (χ1v) is 6.70. The van der Waals surface area contributed by atoms with Crippen LogP contribution in [0.5, 0.6) is 5.75 Å². The van der Waals surface area contributed by atoms with Crippen molar-refractivity contribution >= 4 is 6.09 Å². The lowest BCUT2D eigenvalue weighted by atomic mass is 10.2. The maximum absolute atomic E-state index is 13.2. The maximum Gasteiger partial charge on any atom is 0.408 e. The number of alkyl carbamates (subject to hydrolysis) is 1. The van der Waals surface area contributed by atoms with Gasteiger partial charge in [0, 0.05) is 0 Å². The molecule has 0 saturated carbocycles. The number of halogens is 1. The number of hydrogen-bond donors (Lipinski definition) is 1. The van der Waals surface area contributed by atoms with Crippen molar-refractivity contribution in [1.82, 2.24) is 5.32 Å². The molecule has 0 radical (unpaired) electrons. The lowest BCUT2D eigenvalue weighted by Crippen LogP contribution is -2.32. The van der Waals surface area contributed by atoms with Gasteiger partial charge in [-0.2, -0.15) is 0 Å². The summed E-state index contributed by atoms with van der Waals surface area (Å²) in [6, 6.07) is 4.14.